The minimum absolute atomic E-state index is 0.874. The van der Waals surface area contributed by atoms with Crippen molar-refractivity contribution >= 4 is 54.6 Å². The minimum atomic E-state index is 0.874. The summed E-state index contributed by atoms with van der Waals surface area (Å²) in [6.07, 6.45) is 0. The highest BCUT2D eigenvalue weighted by Crippen LogP contribution is 2.48. The van der Waals surface area contributed by atoms with Gasteiger partial charge in [-0.25, -0.2) is 0 Å². The molecule has 0 saturated heterocycles. The Morgan fingerprint density at radius 3 is 1.98 bits per heavy atom. The van der Waals surface area contributed by atoms with Crippen LogP contribution in [-0.4, -0.2) is 0 Å². The third kappa shape index (κ3) is 3.25. The Morgan fingerprint density at radius 2 is 1.05 bits per heavy atom. The van der Waals surface area contributed by atoms with Crippen LogP contribution in [0, 0.1) is 0 Å². The molecule has 0 unspecified atom stereocenters. The number of benzene rings is 7. The van der Waals surface area contributed by atoms with Crippen LogP contribution >= 0.6 is 0 Å². The lowest BCUT2D eigenvalue weighted by Gasteiger charge is -2.22. The molecule has 0 atom stereocenters. The summed E-state index contributed by atoms with van der Waals surface area (Å²) in [5, 5.41) is 6.79. The second kappa shape index (κ2) is 8.37. The van der Waals surface area contributed by atoms with Gasteiger partial charge in [-0.15, -0.1) is 0 Å². The summed E-state index contributed by atoms with van der Waals surface area (Å²) in [4.78, 5) is 0. The molecule has 3 nitrogen and oxygen atoms in total. The van der Waals surface area contributed by atoms with Crippen molar-refractivity contribution in [1.82, 2.24) is 0 Å². The van der Waals surface area contributed by atoms with Crippen molar-refractivity contribution in [2.24, 2.45) is 0 Å². The van der Waals surface area contributed by atoms with Crippen molar-refractivity contribution in [3.05, 3.63) is 133 Å². The molecule has 3 heterocycles. The Hall–Kier alpha value is -5.80. The Balaban J connectivity index is 1.13. The molecule has 0 spiro atoms. The van der Waals surface area contributed by atoms with E-state index >= 15 is 0 Å². The van der Waals surface area contributed by atoms with Crippen molar-refractivity contribution in [3.8, 4) is 44.9 Å². The van der Waals surface area contributed by atoms with Gasteiger partial charge in [-0.1, -0.05) is 72.8 Å². The second-order valence-corrected chi connectivity index (χ2v) is 11.3. The molecule has 1 aliphatic heterocycles. The van der Waals surface area contributed by atoms with E-state index in [4.69, 9.17) is 13.6 Å². The Morgan fingerprint density at radius 1 is 0.349 bits per heavy atom. The van der Waals surface area contributed by atoms with E-state index in [0.29, 0.717) is 0 Å². The summed E-state index contributed by atoms with van der Waals surface area (Å²) < 4.78 is 18.9. The lowest BCUT2D eigenvalue weighted by atomic mass is 9.90. The van der Waals surface area contributed by atoms with Crippen LogP contribution in [0.5, 0.6) is 11.5 Å². The van der Waals surface area contributed by atoms with Crippen LogP contribution in [0.1, 0.15) is 0 Å². The lowest BCUT2D eigenvalue weighted by Crippen LogP contribution is -1.97. The second-order valence-electron chi connectivity index (χ2n) is 11.3. The maximum Gasteiger partial charge on any atom is 0.136 e. The summed E-state index contributed by atoms with van der Waals surface area (Å²) in [6.45, 7) is 0. The van der Waals surface area contributed by atoms with Gasteiger partial charge in [0.05, 0.1) is 0 Å². The summed E-state index contributed by atoms with van der Waals surface area (Å²) >= 11 is 0. The molecule has 0 fully saturated rings. The van der Waals surface area contributed by atoms with Gasteiger partial charge in [0.15, 0.2) is 0 Å². The smallest absolute Gasteiger partial charge is 0.136 e. The number of fused-ring (bicyclic) bond motifs is 8. The predicted octanol–water partition coefficient (Wildman–Crippen LogP) is 11.7. The van der Waals surface area contributed by atoms with Crippen molar-refractivity contribution in [1.29, 1.82) is 0 Å². The summed E-state index contributed by atoms with van der Waals surface area (Å²) in [5.74, 6) is 1.79. The summed E-state index contributed by atoms with van der Waals surface area (Å²) in [7, 11) is 0. The normalized spacial score (nSPS) is 12.4. The van der Waals surface area contributed by atoms with Gasteiger partial charge < -0.3 is 13.6 Å². The molecule has 10 rings (SSSR count). The van der Waals surface area contributed by atoms with E-state index in [1.807, 2.05) is 36.4 Å². The number of furan rings is 2. The first-order valence-electron chi connectivity index (χ1n) is 14.5. The largest absolute Gasteiger partial charge is 0.456 e. The molecule has 9 aromatic rings. The fourth-order valence-corrected chi connectivity index (χ4v) is 6.89. The quantitative estimate of drug-likeness (QED) is 0.215. The highest BCUT2D eigenvalue weighted by molar-refractivity contribution is 6.14. The lowest BCUT2D eigenvalue weighted by molar-refractivity contribution is 0.487. The molecule has 1 aliphatic rings. The van der Waals surface area contributed by atoms with Gasteiger partial charge in [0.1, 0.15) is 33.8 Å². The van der Waals surface area contributed by atoms with Crippen LogP contribution in [0.2, 0.25) is 0 Å². The van der Waals surface area contributed by atoms with Crippen molar-refractivity contribution < 1.29 is 13.6 Å². The maximum atomic E-state index is 6.54. The van der Waals surface area contributed by atoms with Crippen molar-refractivity contribution in [2.75, 3.05) is 0 Å². The SMILES string of the molecule is c1ccc2c(c1)Oc1cccc3cc(-c4ccc5c(c4)oc4cc(-c6cccc7oc8ccccc8c67)ccc45)cc-2c13. The van der Waals surface area contributed by atoms with Gasteiger partial charge >= 0.3 is 0 Å². The van der Waals surface area contributed by atoms with E-state index < -0.39 is 0 Å². The first-order chi connectivity index (χ1) is 21.3. The zero-order chi connectivity index (χ0) is 28.1. The molecule has 43 heavy (non-hydrogen) atoms. The number of hydrogen-bond acceptors (Lipinski definition) is 3. The Bertz CT molecular complexity index is 2600. The molecular weight excluding hydrogens is 528 g/mol. The van der Waals surface area contributed by atoms with E-state index in [-0.39, 0.29) is 0 Å². The third-order valence-electron chi connectivity index (χ3n) is 8.86. The zero-order valence-corrected chi connectivity index (χ0v) is 22.9. The van der Waals surface area contributed by atoms with Crippen LogP contribution < -0.4 is 4.74 Å². The monoisotopic (exact) mass is 550 g/mol. The van der Waals surface area contributed by atoms with Gasteiger partial charge in [-0.3, -0.25) is 0 Å². The van der Waals surface area contributed by atoms with Crippen LogP contribution in [0.3, 0.4) is 0 Å². The standard InChI is InChI=1S/C40H22O3/c1-3-11-33-28(8-1)32-20-26(19-25-7-5-13-35(41-33)39(25)32)23-15-17-29-30-18-16-24(22-38(30)43-37(29)21-23)27-10-6-14-36-40(27)31-9-2-4-12-34(31)42-36/h1-22H. The summed E-state index contributed by atoms with van der Waals surface area (Å²) in [5.41, 5.74) is 10.4. The van der Waals surface area contributed by atoms with E-state index in [9.17, 15) is 0 Å². The van der Waals surface area contributed by atoms with Crippen LogP contribution in [0.15, 0.2) is 142 Å². The van der Waals surface area contributed by atoms with E-state index in [1.165, 1.54) is 5.56 Å². The fourth-order valence-electron chi connectivity index (χ4n) is 6.89. The molecule has 0 saturated carbocycles. The molecule has 0 radical (unpaired) electrons. The molecular formula is C40H22O3. The summed E-state index contributed by atoms with van der Waals surface area (Å²) in [6, 6.07) is 46.6. The average Bonchev–Trinajstić information content (AvgIpc) is 3.62. The molecule has 200 valence electrons. The van der Waals surface area contributed by atoms with E-state index in [1.54, 1.807) is 0 Å². The van der Waals surface area contributed by atoms with Gasteiger partial charge in [0.2, 0.25) is 0 Å². The number of hydrogen-bond donors (Lipinski definition) is 0. The Labute approximate surface area is 246 Å². The third-order valence-corrected chi connectivity index (χ3v) is 8.86. The minimum Gasteiger partial charge on any atom is -0.456 e. The molecule has 3 heteroatoms. The maximum absolute atomic E-state index is 6.54. The highest BCUT2D eigenvalue weighted by atomic mass is 16.5. The number of rotatable bonds is 2. The fraction of sp³-hybridized carbons (Fsp3) is 0. The van der Waals surface area contributed by atoms with E-state index in [2.05, 4.69) is 97.1 Å². The topological polar surface area (TPSA) is 35.5 Å². The molecule has 0 bridgehead atoms. The predicted molar refractivity (Wildman–Crippen MR) is 175 cm³/mol. The highest BCUT2D eigenvalue weighted by Gasteiger charge is 2.21. The van der Waals surface area contributed by atoms with Crippen molar-refractivity contribution in [2.45, 2.75) is 0 Å². The Kier molecular flexibility index (Phi) is 4.45. The average molecular weight is 551 g/mol. The zero-order valence-electron chi connectivity index (χ0n) is 22.9. The molecule has 2 aromatic heterocycles. The van der Waals surface area contributed by atoms with Gasteiger partial charge in [0.25, 0.3) is 0 Å². The first-order valence-corrected chi connectivity index (χ1v) is 14.5. The van der Waals surface area contributed by atoms with Crippen LogP contribution in [0.25, 0.3) is 88.0 Å². The molecule has 0 N–H and O–H groups in total. The molecule has 0 aliphatic carbocycles. The number of para-hydroxylation sites is 2. The van der Waals surface area contributed by atoms with E-state index in [0.717, 1.165) is 94.0 Å². The first kappa shape index (κ1) is 22.8. The van der Waals surface area contributed by atoms with Gasteiger partial charge in [0, 0.05) is 32.5 Å². The van der Waals surface area contributed by atoms with Gasteiger partial charge in [-0.2, -0.15) is 0 Å². The van der Waals surface area contributed by atoms with Crippen LogP contribution in [0.4, 0.5) is 0 Å². The molecule has 7 aromatic carbocycles. The molecule has 0 amide bonds. The van der Waals surface area contributed by atoms with Crippen LogP contribution in [-0.2, 0) is 0 Å². The van der Waals surface area contributed by atoms with Gasteiger partial charge in [-0.05, 0) is 93.9 Å². The van der Waals surface area contributed by atoms with Crippen molar-refractivity contribution in [3.63, 3.8) is 0 Å². The number of ether oxygens (including phenoxy) is 1.